The van der Waals surface area contributed by atoms with E-state index in [0.29, 0.717) is 5.16 Å². The van der Waals surface area contributed by atoms with Gasteiger partial charge >= 0.3 is 0 Å². The number of rotatable bonds is 5. The Bertz CT molecular complexity index is 943. The summed E-state index contributed by atoms with van der Waals surface area (Å²) in [4.78, 5) is 12.7. The van der Waals surface area contributed by atoms with Crippen LogP contribution in [0.5, 0.6) is 0 Å². The highest BCUT2D eigenvalue weighted by atomic mass is 32.2. The van der Waals surface area contributed by atoms with Crippen molar-refractivity contribution < 1.29 is 4.79 Å². The predicted molar refractivity (Wildman–Crippen MR) is 111 cm³/mol. The van der Waals surface area contributed by atoms with Crippen LogP contribution in [0.2, 0.25) is 0 Å². The van der Waals surface area contributed by atoms with Crippen LogP contribution in [0, 0.1) is 20.8 Å². The largest absolute Gasteiger partial charge is 0.325 e. The van der Waals surface area contributed by atoms with Gasteiger partial charge < -0.3 is 9.88 Å². The molecular weight excluding hydrogens is 356 g/mol. The minimum absolute atomic E-state index is 0.0423. The molecule has 0 bridgehead atoms. The van der Waals surface area contributed by atoms with Crippen molar-refractivity contribution in [3.05, 3.63) is 59.2 Å². The second-order valence-electron chi connectivity index (χ2n) is 6.75. The second kappa shape index (κ2) is 7.96. The fourth-order valence-corrected chi connectivity index (χ4v) is 3.88. The van der Waals surface area contributed by atoms with Gasteiger partial charge in [-0.15, -0.1) is 10.2 Å². The number of carbonyl (C=O) groups is 1. The summed E-state index contributed by atoms with van der Waals surface area (Å²) in [6.45, 7) is 7.97. The molecule has 0 spiro atoms. The molecule has 1 amide bonds. The summed E-state index contributed by atoms with van der Waals surface area (Å²) in [5.41, 5.74) is 5.23. The number of nitrogens with zero attached hydrogens (tertiary/aromatic N) is 3. The van der Waals surface area contributed by atoms with Gasteiger partial charge in [0.05, 0.1) is 5.25 Å². The van der Waals surface area contributed by atoms with E-state index in [-0.39, 0.29) is 11.2 Å². The molecule has 3 rings (SSSR count). The molecule has 5 nitrogen and oxygen atoms in total. The normalized spacial score (nSPS) is 12.0. The Morgan fingerprint density at radius 3 is 2.33 bits per heavy atom. The molecule has 27 heavy (non-hydrogen) atoms. The summed E-state index contributed by atoms with van der Waals surface area (Å²) in [6, 6.07) is 14.1. The fraction of sp³-hybridized carbons (Fsp3) is 0.286. The van der Waals surface area contributed by atoms with Gasteiger partial charge in [-0.3, -0.25) is 4.79 Å². The molecule has 0 saturated carbocycles. The molecule has 140 valence electrons. The third kappa shape index (κ3) is 4.22. The van der Waals surface area contributed by atoms with Gasteiger partial charge in [0, 0.05) is 18.3 Å². The van der Waals surface area contributed by atoms with Crippen molar-refractivity contribution in [1.29, 1.82) is 0 Å². The Morgan fingerprint density at radius 2 is 1.70 bits per heavy atom. The highest BCUT2D eigenvalue weighted by Gasteiger charge is 2.20. The van der Waals surface area contributed by atoms with E-state index in [2.05, 4.69) is 34.6 Å². The van der Waals surface area contributed by atoms with Crippen molar-refractivity contribution >= 4 is 23.4 Å². The number of aryl methyl sites for hydroxylation is 3. The van der Waals surface area contributed by atoms with Crippen molar-refractivity contribution in [2.45, 2.75) is 38.1 Å². The van der Waals surface area contributed by atoms with Gasteiger partial charge in [0.25, 0.3) is 0 Å². The van der Waals surface area contributed by atoms with E-state index in [1.165, 1.54) is 17.3 Å². The van der Waals surface area contributed by atoms with Crippen molar-refractivity contribution in [1.82, 2.24) is 14.8 Å². The minimum Gasteiger partial charge on any atom is -0.325 e. The maximum Gasteiger partial charge on any atom is 0.237 e. The van der Waals surface area contributed by atoms with Crippen LogP contribution in [-0.4, -0.2) is 25.9 Å². The van der Waals surface area contributed by atoms with Gasteiger partial charge in [-0.05, 0) is 38.8 Å². The molecule has 1 N–H and O–H groups in total. The Kier molecular flexibility index (Phi) is 5.65. The van der Waals surface area contributed by atoms with E-state index < -0.39 is 0 Å². The number of anilines is 1. The van der Waals surface area contributed by atoms with E-state index in [4.69, 9.17) is 0 Å². The number of carbonyl (C=O) groups excluding carboxylic acids is 1. The molecule has 6 heteroatoms. The summed E-state index contributed by atoms with van der Waals surface area (Å²) in [7, 11) is 1.92. The second-order valence-corrected chi connectivity index (χ2v) is 8.06. The third-order valence-electron chi connectivity index (χ3n) is 4.44. The van der Waals surface area contributed by atoms with Crippen molar-refractivity contribution in [3.8, 4) is 11.4 Å². The average molecular weight is 381 g/mol. The molecule has 1 atom stereocenters. The number of thioether (sulfide) groups is 1. The smallest absolute Gasteiger partial charge is 0.237 e. The summed E-state index contributed by atoms with van der Waals surface area (Å²) < 4.78 is 1.92. The van der Waals surface area contributed by atoms with Crippen LogP contribution in [-0.2, 0) is 11.8 Å². The van der Waals surface area contributed by atoms with Crippen molar-refractivity contribution in [2.75, 3.05) is 5.32 Å². The highest BCUT2D eigenvalue weighted by molar-refractivity contribution is 8.00. The molecular formula is C21H24N4OS. The Hall–Kier alpha value is -2.60. The van der Waals surface area contributed by atoms with Gasteiger partial charge in [0.2, 0.25) is 5.91 Å². The van der Waals surface area contributed by atoms with Crippen LogP contribution >= 0.6 is 11.8 Å². The Labute approximate surface area is 164 Å². The van der Waals surface area contributed by atoms with E-state index in [9.17, 15) is 4.79 Å². The number of hydrogen-bond acceptors (Lipinski definition) is 4. The lowest BCUT2D eigenvalue weighted by Crippen LogP contribution is -2.23. The highest BCUT2D eigenvalue weighted by Crippen LogP contribution is 2.27. The molecule has 0 unspecified atom stereocenters. The van der Waals surface area contributed by atoms with Gasteiger partial charge in [-0.2, -0.15) is 0 Å². The molecule has 0 aliphatic rings. The minimum atomic E-state index is -0.295. The van der Waals surface area contributed by atoms with Crippen molar-refractivity contribution in [3.63, 3.8) is 0 Å². The first-order chi connectivity index (χ1) is 12.9. The molecule has 1 heterocycles. The molecule has 0 aliphatic carbocycles. The molecule has 0 aliphatic heterocycles. The van der Waals surface area contributed by atoms with Crippen LogP contribution in [0.3, 0.4) is 0 Å². The third-order valence-corrected chi connectivity index (χ3v) is 5.58. The zero-order chi connectivity index (χ0) is 19.6. The maximum atomic E-state index is 12.7. The number of benzene rings is 2. The Morgan fingerprint density at radius 1 is 1.07 bits per heavy atom. The predicted octanol–water partition coefficient (Wildman–Crippen LogP) is 4.53. The molecule has 0 saturated heterocycles. The topological polar surface area (TPSA) is 59.8 Å². The van der Waals surface area contributed by atoms with Gasteiger partial charge in [-0.25, -0.2) is 0 Å². The molecule has 3 aromatic rings. The first-order valence-electron chi connectivity index (χ1n) is 8.87. The van der Waals surface area contributed by atoms with Gasteiger partial charge in [-0.1, -0.05) is 59.8 Å². The van der Waals surface area contributed by atoms with Crippen LogP contribution in [0.25, 0.3) is 11.4 Å². The monoisotopic (exact) mass is 380 g/mol. The lowest BCUT2D eigenvalue weighted by Gasteiger charge is -2.16. The van der Waals surface area contributed by atoms with Crippen LogP contribution < -0.4 is 5.32 Å². The maximum absolute atomic E-state index is 12.7. The first kappa shape index (κ1) is 19.2. The molecule has 0 radical (unpaired) electrons. The van der Waals surface area contributed by atoms with Crippen LogP contribution in [0.15, 0.2) is 47.6 Å². The summed E-state index contributed by atoms with van der Waals surface area (Å²) in [5, 5.41) is 12.0. The Balaban J connectivity index is 1.73. The molecule has 1 aromatic heterocycles. The van der Waals surface area contributed by atoms with E-state index >= 15 is 0 Å². The summed E-state index contributed by atoms with van der Waals surface area (Å²) in [6.07, 6.45) is 0. The summed E-state index contributed by atoms with van der Waals surface area (Å²) >= 11 is 1.41. The zero-order valence-corrected chi connectivity index (χ0v) is 17.1. The van der Waals surface area contributed by atoms with Crippen LogP contribution in [0.1, 0.15) is 23.6 Å². The van der Waals surface area contributed by atoms with E-state index in [1.807, 2.05) is 62.7 Å². The zero-order valence-electron chi connectivity index (χ0n) is 16.3. The lowest BCUT2D eigenvalue weighted by molar-refractivity contribution is -0.115. The average Bonchev–Trinajstić information content (AvgIpc) is 2.99. The van der Waals surface area contributed by atoms with Crippen molar-refractivity contribution in [2.24, 2.45) is 7.05 Å². The van der Waals surface area contributed by atoms with E-state index in [0.717, 1.165) is 28.2 Å². The molecule has 0 fully saturated rings. The first-order valence-corrected chi connectivity index (χ1v) is 9.75. The number of amides is 1. The SMILES string of the molecule is Cc1cc(C)c(NC(=O)[C@@H](C)Sc2nnc(-c3ccccc3)n2C)c(C)c1. The number of aromatic nitrogens is 3. The van der Waals surface area contributed by atoms with E-state index in [1.54, 1.807) is 0 Å². The number of nitrogens with one attached hydrogen (secondary N) is 1. The fourth-order valence-electron chi connectivity index (χ4n) is 3.07. The quantitative estimate of drug-likeness (QED) is 0.661. The van der Waals surface area contributed by atoms with Gasteiger partial charge in [0.15, 0.2) is 11.0 Å². The lowest BCUT2D eigenvalue weighted by atomic mass is 10.1. The van der Waals surface area contributed by atoms with Crippen LogP contribution in [0.4, 0.5) is 5.69 Å². The summed E-state index contributed by atoms with van der Waals surface area (Å²) in [5.74, 6) is 0.746. The standard InChI is InChI=1S/C21H24N4OS/c1-13-11-14(2)18(15(3)12-13)22-20(26)16(4)27-21-24-23-19(25(21)5)17-9-7-6-8-10-17/h6-12,16H,1-5H3,(H,22,26)/t16-/m1/s1. The van der Waals surface area contributed by atoms with Gasteiger partial charge in [0.1, 0.15) is 0 Å². The molecule has 2 aromatic carbocycles. The number of hydrogen-bond donors (Lipinski definition) is 1.